The van der Waals surface area contributed by atoms with Crippen LogP contribution in [-0.2, 0) is 21.2 Å². The molecule has 5 rings (SSSR count). The van der Waals surface area contributed by atoms with Gasteiger partial charge in [0.2, 0.25) is 21.9 Å². The standard InChI is InChI=1S/C25H27ClN6O3S/c26-18-4-9-21-22(15-18)30-23(33)14-17-16-27-25(31-24(17)21)29-19-5-7-20(8-6-19)36(34,35)28-10-13-32-11-2-1-3-12-32/h4-9,15-16,28H,1-3,10-14H2,(H,30,33)(H,27,29,31). The zero-order chi connectivity index (χ0) is 25.1. The molecule has 1 saturated heterocycles. The molecular weight excluding hydrogens is 500 g/mol. The molecule has 11 heteroatoms. The number of likely N-dealkylation sites (tertiary alicyclic amines) is 1. The molecule has 2 aromatic carbocycles. The number of nitrogens with one attached hydrogen (secondary N) is 3. The summed E-state index contributed by atoms with van der Waals surface area (Å²) >= 11 is 6.11. The van der Waals surface area contributed by atoms with E-state index < -0.39 is 10.0 Å². The number of anilines is 3. The second-order valence-corrected chi connectivity index (χ2v) is 11.1. The highest BCUT2D eigenvalue weighted by Crippen LogP contribution is 2.34. The Bertz CT molecular complexity index is 1380. The summed E-state index contributed by atoms with van der Waals surface area (Å²) in [5.74, 6) is 0.169. The Morgan fingerprint density at radius 1 is 1.06 bits per heavy atom. The minimum absolute atomic E-state index is 0.152. The Morgan fingerprint density at radius 2 is 1.83 bits per heavy atom. The van der Waals surface area contributed by atoms with Crippen molar-refractivity contribution in [3.05, 3.63) is 59.2 Å². The lowest BCUT2D eigenvalue weighted by molar-refractivity contribution is -0.115. The quantitative estimate of drug-likeness (QED) is 0.428. The van der Waals surface area contributed by atoms with Crippen LogP contribution in [0.1, 0.15) is 24.8 Å². The number of sulfonamides is 1. The number of fused-ring (bicyclic) bond motifs is 3. The molecule has 0 aliphatic carbocycles. The number of benzene rings is 2. The van der Waals surface area contributed by atoms with E-state index in [1.165, 1.54) is 19.3 Å². The summed E-state index contributed by atoms with van der Waals surface area (Å²) in [5.41, 5.74) is 3.33. The molecule has 0 unspecified atom stereocenters. The topological polar surface area (TPSA) is 116 Å². The number of rotatable bonds is 7. The molecule has 3 heterocycles. The summed E-state index contributed by atoms with van der Waals surface area (Å²) in [5, 5.41) is 6.49. The van der Waals surface area contributed by atoms with Gasteiger partial charge >= 0.3 is 0 Å². The van der Waals surface area contributed by atoms with Crippen LogP contribution < -0.4 is 15.4 Å². The second-order valence-electron chi connectivity index (χ2n) is 8.93. The average molecular weight is 527 g/mol. The maximum Gasteiger partial charge on any atom is 0.240 e. The maximum absolute atomic E-state index is 12.7. The van der Waals surface area contributed by atoms with E-state index in [1.807, 2.05) is 6.07 Å². The molecular formula is C25H27ClN6O3S. The van der Waals surface area contributed by atoms with Crippen molar-refractivity contribution in [3.63, 3.8) is 0 Å². The first-order valence-corrected chi connectivity index (χ1v) is 13.8. The first kappa shape index (κ1) is 24.6. The van der Waals surface area contributed by atoms with Gasteiger partial charge in [-0.05, 0) is 68.4 Å². The molecule has 2 aliphatic rings. The highest BCUT2D eigenvalue weighted by Gasteiger charge is 2.21. The van der Waals surface area contributed by atoms with Crippen LogP contribution in [0.15, 0.2) is 53.6 Å². The average Bonchev–Trinajstić information content (AvgIpc) is 2.99. The van der Waals surface area contributed by atoms with Crippen LogP contribution in [0.4, 0.5) is 17.3 Å². The van der Waals surface area contributed by atoms with Crippen LogP contribution in [0.5, 0.6) is 0 Å². The summed E-state index contributed by atoms with van der Waals surface area (Å²) < 4.78 is 28.1. The van der Waals surface area contributed by atoms with E-state index in [-0.39, 0.29) is 17.2 Å². The number of aromatic nitrogens is 2. The highest BCUT2D eigenvalue weighted by atomic mass is 35.5. The van der Waals surface area contributed by atoms with Crippen molar-refractivity contribution in [2.45, 2.75) is 30.6 Å². The molecule has 0 atom stereocenters. The molecule has 188 valence electrons. The fourth-order valence-electron chi connectivity index (χ4n) is 4.47. The second kappa shape index (κ2) is 10.5. The molecule has 36 heavy (non-hydrogen) atoms. The van der Waals surface area contributed by atoms with Gasteiger partial charge in [0.15, 0.2) is 0 Å². The molecule has 3 N–H and O–H groups in total. The largest absolute Gasteiger partial charge is 0.325 e. The van der Waals surface area contributed by atoms with Crippen LogP contribution >= 0.6 is 11.6 Å². The van der Waals surface area contributed by atoms with Crippen molar-refractivity contribution in [1.82, 2.24) is 19.6 Å². The van der Waals surface area contributed by atoms with Crippen LogP contribution in [0.2, 0.25) is 5.02 Å². The number of carbonyl (C=O) groups is 1. The third-order valence-corrected chi connectivity index (χ3v) is 8.03. The van der Waals surface area contributed by atoms with Gasteiger partial charge in [0, 0.05) is 41.1 Å². The van der Waals surface area contributed by atoms with Crippen molar-refractivity contribution in [2.24, 2.45) is 0 Å². The SMILES string of the molecule is O=C1Cc2cnc(Nc3ccc(S(=O)(=O)NCCN4CCCCC4)cc3)nc2-c2ccc(Cl)cc2N1. The molecule has 1 aromatic heterocycles. The number of hydrogen-bond acceptors (Lipinski definition) is 7. The van der Waals surface area contributed by atoms with Crippen LogP contribution in [-0.4, -0.2) is 55.4 Å². The van der Waals surface area contributed by atoms with Gasteiger partial charge in [-0.15, -0.1) is 0 Å². The molecule has 0 bridgehead atoms. The van der Waals surface area contributed by atoms with Crippen molar-refractivity contribution < 1.29 is 13.2 Å². The van der Waals surface area contributed by atoms with Gasteiger partial charge in [-0.1, -0.05) is 18.0 Å². The van der Waals surface area contributed by atoms with E-state index in [4.69, 9.17) is 11.6 Å². The van der Waals surface area contributed by atoms with Crippen molar-refractivity contribution in [1.29, 1.82) is 0 Å². The molecule has 0 saturated carbocycles. The number of amides is 1. The van der Waals surface area contributed by atoms with Crippen LogP contribution in [0.3, 0.4) is 0 Å². The fourth-order valence-corrected chi connectivity index (χ4v) is 5.67. The fraction of sp³-hybridized carbons (Fsp3) is 0.320. The van der Waals surface area contributed by atoms with Crippen molar-refractivity contribution >= 4 is 44.9 Å². The van der Waals surface area contributed by atoms with E-state index in [0.29, 0.717) is 46.7 Å². The molecule has 1 fully saturated rings. The van der Waals surface area contributed by atoms with E-state index in [0.717, 1.165) is 18.7 Å². The Balaban J connectivity index is 1.28. The smallest absolute Gasteiger partial charge is 0.240 e. The van der Waals surface area contributed by atoms with E-state index in [2.05, 4.69) is 30.2 Å². The molecule has 0 spiro atoms. The van der Waals surface area contributed by atoms with Crippen LogP contribution in [0.25, 0.3) is 11.3 Å². The predicted molar refractivity (Wildman–Crippen MR) is 140 cm³/mol. The Hall–Kier alpha value is -3.05. The first-order chi connectivity index (χ1) is 17.4. The summed E-state index contributed by atoms with van der Waals surface area (Å²) in [6.45, 7) is 3.15. The Kier molecular flexibility index (Phi) is 7.20. The number of carbonyl (C=O) groups excluding carboxylic acids is 1. The number of nitrogens with zero attached hydrogens (tertiary/aromatic N) is 3. The highest BCUT2D eigenvalue weighted by molar-refractivity contribution is 7.89. The Morgan fingerprint density at radius 3 is 2.61 bits per heavy atom. The predicted octanol–water partition coefficient (Wildman–Crippen LogP) is 3.80. The van der Waals surface area contributed by atoms with Gasteiger partial charge in [0.25, 0.3) is 0 Å². The van der Waals surface area contributed by atoms with Crippen LogP contribution in [0, 0.1) is 0 Å². The maximum atomic E-state index is 12.7. The lowest BCUT2D eigenvalue weighted by Gasteiger charge is -2.26. The summed E-state index contributed by atoms with van der Waals surface area (Å²) in [4.78, 5) is 23.7. The number of halogens is 1. The molecule has 0 radical (unpaired) electrons. The van der Waals surface area contributed by atoms with Gasteiger partial charge < -0.3 is 15.5 Å². The monoisotopic (exact) mass is 526 g/mol. The minimum Gasteiger partial charge on any atom is -0.325 e. The zero-order valence-electron chi connectivity index (χ0n) is 19.6. The van der Waals surface area contributed by atoms with E-state index in [9.17, 15) is 13.2 Å². The number of piperidine rings is 1. The summed E-state index contributed by atoms with van der Waals surface area (Å²) in [7, 11) is -3.59. The molecule has 3 aromatic rings. The van der Waals surface area contributed by atoms with E-state index in [1.54, 1.807) is 42.6 Å². The third kappa shape index (κ3) is 5.67. The number of hydrogen-bond donors (Lipinski definition) is 3. The van der Waals surface area contributed by atoms with Crippen molar-refractivity contribution in [2.75, 3.05) is 36.8 Å². The summed E-state index contributed by atoms with van der Waals surface area (Å²) in [6.07, 6.45) is 5.37. The van der Waals surface area contributed by atoms with E-state index >= 15 is 0 Å². The van der Waals surface area contributed by atoms with Gasteiger partial charge in [0.1, 0.15) is 0 Å². The third-order valence-electron chi connectivity index (χ3n) is 6.32. The van der Waals surface area contributed by atoms with Gasteiger partial charge in [-0.3, -0.25) is 4.79 Å². The summed E-state index contributed by atoms with van der Waals surface area (Å²) in [6, 6.07) is 11.7. The van der Waals surface area contributed by atoms with Crippen molar-refractivity contribution in [3.8, 4) is 11.3 Å². The first-order valence-electron chi connectivity index (χ1n) is 11.9. The normalized spacial score (nSPS) is 16.0. The zero-order valence-corrected chi connectivity index (χ0v) is 21.2. The minimum atomic E-state index is -3.59. The molecule has 2 aliphatic heterocycles. The lowest BCUT2D eigenvalue weighted by Crippen LogP contribution is -2.37. The van der Waals surface area contributed by atoms with Gasteiger partial charge in [0.05, 0.1) is 22.7 Å². The Labute approximate surface area is 215 Å². The van der Waals surface area contributed by atoms with Gasteiger partial charge in [-0.2, -0.15) is 0 Å². The van der Waals surface area contributed by atoms with Gasteiger partial charge in [-0.25, -0.2) is 23.1 Å². The lowest BCUT2D eigenvalue weighted by atomic mass is 10.1. The molecule has 1 amide bonds. The molecule has 9 nitrogen and oxygen atoms in total.